The van der Waals surface area contributed by atoms with Gasteiger partial charge in [0.25, 0.3) is 0 Å². The fourth-order valence-electron chi connectivity index (χ4n) is 1.59. The summed E-state index contributed by atoms with van der Waals surface area (Å²) in [6, 6.07) is 13.8. The summed E-state index contributed by atoms with van der Waals surface area (Å²) in [5.41, 5.74) is 0. The Labute approximate surface area is 133 Å². The van der Waals surface area contributed by atoms with Crippen LogP contribution in [-0.4, -0.2) is 10.8 Å². The van der Waals surface area contributed by atoms with Gasteiger partial charge in [-0.3, -0.25) is 0 Å². The number of nitrogens with zero attached hydrogens (tertiary/aromatic N) is 2. The molecule has 2 rings (SSSR count). The van der Waals surface area contributed by atoms with E-state index in [9.17, 15) is 0 Å². The molecule has 1 heterocycles. The third-order valence-electron chi connectivity index (χ3n) is 2.43. The molecule has 0 aliphatic rings. The molecule has 1 N–H and O–H groups in total. The molecule has 0 unspecified atom stereocenters. The minimum absolute atomic E-state index is 0.417. The first-order valence-electron chi connectivity index (χ1n) is 6.20. The number of aliphatic imine (C=N–C) groups is 1. The van der Waals surface area contributed by atoms with Gasteiger partial charge in [0.15, 0.2) is 0 Å². The summed E-state index contributed by atoms with van der Waals surface area (Å²) in [6.07, 6.45) is 3.03. The lowest BCUT2D eigenvalue weighted by molar-refractivity contribution is 1.26. The average Bonchev–Trinajstić information content (AvgIpc) is 2.47. The van der Waals surface area contributed by atoms with Gasteiger partial charge in [-0.25, -0.2) is 9.98 Å². The summed E-state index contributed by atoms with van der Waals surface area (Å²) in [5, 5.41) is 3.47. The first-order chi connectivity index (χ1) is 10.2. The van der Waals surface area contributed by atoms with Crippen molar-refractivity contribution in [3.63, 3.8) is 0 Å². The molecular weight excluding hydrogens is 302 g/mol. The van der Waals surface area contributed by atoms with Crippen molar-refractivity contribution < 1.29 is 0 Å². The molecule has 0 aliphatic carbocycles. The van der Waals surface area contributed by atoms with Gasteiger partial charge in [0, 0.05) is 16.0 Å². The molecule has 0 fully saturated rings. The molecule has 1 aromatic carbocycles. The quantitative estimate of drug-likeness (QED) is 0.478. The molecule has 0 aliphatic heterocycles. The van der Waals surface area contributed by atoms with Gasteiger partial charge in [-0.05, 0) is 30.3 Å². The molecule has 106 valence electrons. The summed E-state index contributed by atoms with van der Waals surface area (Å²) >= 11 is 7.68. The molecule has 0 bridgehead atoms. The molecule has 0 amide bonds. The van der Waals surface area contributed by atoms with Gasteiger partial charge in [-0.2, -0.15) is 0 Å². The maximum Gasteiger partial charge on any atom is 0.134 e. The Morgan fingerprint density at radius 2 is 1.95 bits per heavy atom. The maximum atomic E-state index is 6.07. The van der Waals surface area contributed by atoms with Crippen molar-refractivity contribution in [3.05, 3.63) is 73.1 Å². The Balaban J connectivity index is 2.23. The van der Waals surface area contributed by atoms with Gasteiger partial charge in [0.2, 0.25) is 0 Å². The number of hydrogen-bond acceptors (Lipinski definition) is 3. The smallest absolute Gasteiger partial charge is 0.134 e. The Morgan fingerprint density at radius 3 is 2.62 bits per heavy atom. The van der Waals surface area contributed by atoms with E-state index in [1.807, 2.05) is 42.5 Å². The number of nitrogens with one attached hydrogen (secondary N) is 1. The Morgan fingerprint density at radius 1 is 1.19 bits per heavy atom. The topological polar surface area (TPSA) is 37.3 Å². The summed E-state index contributed by atoms with van der Waals surface area (Å²) in [4.78, 5) is 10.4. The zero-order valence-electron chi connectivity index (χ0n) is 11.3. The third-order valence-corrected chi connectivity index (χ3v) is 3.60. The maximum absolute atomic E-state index is 6.07. The highest BCUT2D eigenvalue weighted by Gasteiger charge is 2.04. The standard InChI is InChI=1S/C16H14ClN3S/c1-3-15(18-4-2)20-16-11-13(10-14(17)19-16)21-12-8-6-5-7-9-12/h3-11H,1-2H2,(H,18,19,20). The predicted molar refractivity (Wildman–Crippen MR) is 91.3 cm³/mol. The molecule has 1 aromatic heterocycles. The van der Waals surface area contributed by atoms with Crippen molar-refractivity contribution in [2.24, 2.45) is 4.99 Å². The van der Waals surface area contributed by atoms with Crippen LogP contribution in [0.3, 0.4) is 0 Å². The van der Waals surface area contributed by atoms with E-state index in [0.29, 0.717) is 16.8 Å². The summed E-state index contributed by atoms with van der Waals surface area (Å²) in [6.45, 7) is 7.24. The van der Waals surface area contributed by atoms with Crippen molar-refractivity contribution in [2.45, 2.75) is 9.79 Å². The Bertz CT molecular complexity index is 668. The van der Waals surface area contributed by atoms with Crippen LogP contribution in [-0.2, 0) is 0 Å². The SMILES string of the molecule is C=CN=C(C=C)Nc1cc(Sc2ccccc2)cc(Cl)n1. The molecular formula is C16H14ClN3S. The highest BCUT2D eigenvalue weighted by molar-refractivity contribution is 7.99. The largest absolute Gasteiger partial charge is 0.325 e. The van der Waals surface area contributed by atoms with Crippen molar-refractivity contribution in [3.8, 4) is 0 Å². The average molecular weight is 316 g/mol. The van der Waals surface area contributed by atoms with Crippen LogP contribution in [0.1, 0.15) is 0 Å². The van der Waals surface area contributed by atoms with Crippen LogP contribution in [0.25, 0.3) is 0 Å². The van der Waals surface area contributed by atoms with E-state index in [2.05, 4.69) is 28.5 Å². The highest BCUT2D eigenvalue weighted by atomic mass is 35.5. The van der Waals surface area contributed by atoms with Crippen LogP contribution < -0.4 is 5.32 Å². The van der Waals surface area contributed by atoms with Crippen LogP contribution in [0, 0.1) is 0 Å². The zero-order chi connectivity index (χ0) is 15.1. The second-order valence-corrected chi connectivity index (χ2v) is 5.49. The molecule has 5 heteroatoms. The summed E-state index contributed by atoms with van der Waals surface area (Å²) in [5.74, 6) is 1.18. The van der Waals surface area contributed by atoms with Crippen molar-refractivity contribution >= 4 is 35.0 Å². The van der Waals surface area contributed by atoms with E-state index in [-0.39, 0.29) is 0 Å². The third kappa shape index (κ3) is 4.77. The summed E-state index contributed by atoms with van der Waals surface area (Å²) < 4.78 is 0. The lowest BCUT2D eigenvalue weighted by Gasteiger charge is -2.08. The second-order valence-electron chi connectivity index (χ2n) is 3.95. The Kier molecular flexibility index (Phi) is 5.60. The zero-order valence-corrected chi connectivity index (χ0v) is 12.9. The predicted octanol–water partition coefficient (Wildman–Crippen LogP) is 5.03. The molecule has 2 aromatic rings. The first kappa shape index (κ1) is 15.4. The summed E-state index contributed by atoms with van der Waals surface area (Å²) in [7, 11) is 0. The molecule has 0 saturated carbocycles. The number of pyridine rings is 1. The van der Waals surface area contributed by atoms with Gasteiger partial charge in [-0.15, -0.1) is 0 Å². The van der Waals surface area contributed by atoms with Gasteiger partial charge < -0.3 is 5.32 Å². The minimum atomic E-state index is 0.417. The molecule has 21 heavy (non-hydrogen) atoms. The van der Waals surface area contributed by atoms with Crippen LogP contribution in [0.2, 0.25) is 5.15 Å². The van der Waals surface area contributed by atoms with E-state index in [1.54, 1.807) is 17.8 Å². The molecule has 0 atom stereocenters. The Hall–Kier alpha value is -2.04. The van der Waals surface area contributed by atoms with Gasteiger partial charge in [0.1, 0.15) is 16.8 Å². The lowest BCUT2D eigenvalue weighted by atomic mass is 10.4. The number of halogens is 1. The lowest BCUT2D eigenvalue weighted by Crippen LogP contribution is -2.09. The van der Waals surface area contributed by atoms with Crippen LogP contribution in [0.4, 0.5) is 5.82 Å². The van der Waals surface area contributed by atoms with E-state index in [4.69, 9.17) is 11.6 Å². The fourth-order valence-corrected chi connectivity index (χ4v) is 2.77. The van der Waals surface area contributed by atoms with E-state index in [0.717, 1.165) is 9.79 Å². The van der Waals surface area contributed by atoms with E-state index < -0.39 is 0 Å². The van der Waals surface area contributed by atoms with Crippen molar-refractivity contribution in [1.29, 1.82) is 0 Å². The van der Waals surface area contributed by atoms with Crippen LogP contribution in [0.15, 0.2) is 82.7 Å². The number of anilines is 1. The monoisotopic (exact) mass is 315 g/mol. The van der Waals surface area contributed by atoms with Gasteiger partial charge in [-0.1, -0.05) is 54.7 Å². The minimum Gasteiger partial charge on any atom is -0.325 e. The molecule has 3 nitrogen and oxygen atoms in total. The van der Waals surface area contributed by atoms with E-state index >= 15 is 0 Å². The number of benzene rings is 1. The number of aromatic nitrogens is 1. The first-order valence-corrected chi connectivity index (χ1v) is 7.39. The van der Waals surface area contributed by atoms with Crippen LogP contribution >= 0.6 is 23.4 Å². The van der Waals surface area contributed by atoms with E-state index in [1.165, 1.54) is 6.20 Å². The number of rotatable bonds is 5. The number of hydrogen-bond donors (Lipinski definition) is 1. The fraction of sp³-hybridized carbons (Fsp3) is 0. The van der Waals surface area contributed by atoms with Gasteiger partial charge >= 0.3 is 0 Å². The number of amidine groups is 1. The molecule has 0 spiro atoms. The second kappa shape index (κ2) is 7.67. The van der Waals surface area contributed by atoms with Gasteiger partial charge in [0.05, 0.1) is 0 Å². The molecule has 0 saturated heterocycles. The van der Waals surface area contributed by atoms with Crippen LogP contribution in [0.5, 0.6) is 0 Å². The van der Waals surface area contributed by atoms with Crippen molar-refractivity contribution in [1.82, 2.24) is 4.98 Å². The highest BCUT2D eigenvalue weighted by Crippen LogP contribution is 2.30. The molecule has 0 radical (unpaired) electrons. The normalized spacial score (nSPS) is 11.0. The van der Waals surface area contributed by atoms with Crippen molar-refractivity contribution in [2.75, 3.05) is 5.32 Å².